The summed E-state index contributed by atoms with van der Waals surface area (Å²) < 4.78 is 0. The maximum absolute atomic E-state index is 12.6. The highest BCUT2D eigenvalue weighted by atomic mass is 32.1. The molecule has 1 aliphatic heterocycles. The summed E-state index contributed by atoms with van der Waals surface area (Å²) in [7, 11) is 0. The second-order valence-electron chi connectivity index (χ2n) is 4.65. The monoisotopic (exact) mass is 291 g/mol. The molecule has 20 heavy (non-hydrogen) atoms. The molecule has 2 aromatic rings. The number of hydrogen-bond donors (Lipinski definition) is 2. The van der Waals surface area contributed by atoms with E-state index in [1.54, 1.807) is 6.07 Å². The molecule has 3 heterocycles. The van der Waals surface area contributed by atoms with Gasteiger partial charge in [0, 0.05) is 11.9 Å². The van der Waals surface area contributed by atoms with Crippen molar-refractivity contribution in [2.45, 2.75) is 18.9 Å². The number of hydrogen-bond acceptors (Lipinski definition) is 6. The minimum absolute atomic E-state index is 0.258. The van der Waals surface area contributed by atoms with E-state index in [1.165, 1.54) is 22.4 Å². The number of carbonyl (C=O) groups excluding carboxylic acids is 2. The number of rotatable bonds is 2. The lowest BCUT2D eigenvalue weighted by Gasteiger charge is -2.21. The fraction of sp³-hybridized carbons (Fsp3) is 0.333. The second-order valence-corrected chi connectivity index (χ2v) is 5.65. The van der Waals surface area contributed by atoms with E-state index in [0.29, 0.717) is 33.7 Å². The van der Waals surface area contributed by atoms with E-state index >= 15 is 0 Å². The Bertz CT molecular complexity index is 698. The van der Waals surface area contributed by atoms with Crippen molar-refractivity contribution in [2.24, 2.45) is 5.73 Å². The molecule has 4 N–H and O–H groups in total. The Hall–Kier alpha value is -2.22. The first kappa shape index (κ1) is 12.8. The van der Waals surface area contributed by atoms with Crippen molar-refractivity contribution in [2.75, 3.05) is 12.3 Å². The number of nitrogen functional groups attached to an aromatic ring is 1. The predicted molar refractivity (Wildman–Crippen MR) is 75.1 cm³/mol. The molecule has 0 aromatic carbocycles. The van der Waals surface area contributed by atoms with Crippen molar-refractivity contribution in [3.8, 4) is 0 Å². The van der Waals surface area contributed by atoms with Crippen LogP contribution >= 0.6 is 11.3 Å². The van der Waals surface area contributed by atoms with Crippen LogP contribution < -0.4 is 11.5 Å². The zero-order valence-corrected chi connectivity index (χ0v) is 11.4. The Kier molecular flexibility index (Phi) is 3.01. The summed E-state index contributed by atoms with van der Waals surface area (Å²) in [5.74, 6) is -0.734. The molecule has 104 valence electrons. The fourth-order valence-corrected chi connectivity index (χ4v) is 3.46. The number of primary amides is 1. The minimum atomic E-state index is -0.543. The molecular weight excluding hydrogens is 278 g/mol. The van der Waals surface area contributed by atoms with Crippen molar-refractivity contribution in [3.05, 3.63) is 17.1 Å². The van der Waals surface area contributed by atoms with Gasteiger partial charge < -0.3 is 16.4 Å². The Morgan fingerprint density at radius 1 is 1.45 bits per heavy atom. The van der Waals surface area contributed by atoms with E-state index in [9.17, 15) is 9.59 Å². The molecule has 3 rings (SSSR count). The largest absolute Gasteiger partial charge is 0.397 e. The highest BCUT2D eigenvalue weighted by Crippen LogP contribution is 2.33. The molecule has 8 heteroatoms. The van der Waals surface area contributed by atoms with Gasteiger partial charge in [-0.3, -0.25) is 9.59 Å². The number of nitrogens with zero attached hydrogens (tertiary/aromatic N) is 3. The van der Waals surface area contributed by atoms with Crippen molar-refractivity contribution in [1.29, 1.82) is 0 Å². The number of likely N-dealkylation sites (tertiary alicyclic amines) is 1. The summed E-state index contributed by atoms with van der Waals surface area (Å²) in [5.41, 5.74) is 11.7. The van der Waals surface area contributed by atoms with Crippen LogP contribution in [0.25, 0.3) is 10.2 Å². The Labute approximate surface area is 118 Å². The number of amides is 2. The summed E-state index contributed by atoms with van der Waals surface area (Å²) in [4.78, 5) is 26.4. The van der Waals surface area contributed by atoms with Crippen molar-refractivity contribution < 1.29 is 9.59 Å². The highest BCUT2D eigenvalue weighted by Gasteiger charge is 2.34. The number of fused-ring (bicyclic) bond motifs is 1. The average Bonchev–Trinajstić information content (AvgIpc) is 3.04. The van der Waals surface area contributed by atoms with Gasteiger partial charge in [-0.15, -0.1) is 16.4 Å². The summed E-state index contributed by atoms with van der Waals surface area (Å²) in [6.07, 6.45) is 2.90. The first-order valence-corrected chi connectivity index (χ1v) is 7.01. The zero-order valence-electron chi connectivity index (χ0n) is 10.6. The van der Waals surface area contributed by atoms with Gasteiger partial charge in [0.1, 0.15) is 15.7 Å². The highest BCUT2D eigenvalue weighted by molar-refractivity contribution is 7.21. The second kappa shape index (κ2) is 4.71. The lowest BCUT2D eigenvalue weighted by molar-refractivity contribution is -0.121. The lowest BCUT2D eigenvalue weighted by atomic mass is 10.2. The van der Waals surface area contributed by atoms with Crippen molar-refractivity contribution in [3.63, 3.8) is 0 Å². The molecule has 1 unspecified atom stereocenters. The smallest absolute Gasteiger partial charge is 0.266 e. The van der Waals surface area contributed by atoms with Gasteiger partial charge in [0.25, 0.3) is 5.91 Å². The molecule has 0 spiro atoms. The third-order valence-corrected chi connectivity index (χ3v) is 4.55. The Balaban J connectivity index is 2.00. The Morgan fingerprint density at radius 2 is 2.25 bits per heavy atom. The molecule has 0 saturated carbocycles. The normalized spacial score (nSPS) is 18.6. The molecule has 1 atom stereocenters. The number of anilines is 1. The topological polar surface area (TPSA) is 115 Å². The lowest BCUT2D eigenvalue weighted by Crippen LogP contribution is -2.43. The summed E-state index contributed by atoms with van der Waals surface area (Å²) >= 11 is 1.19. The van der Waals surface area contributed by atoms with Gasteiger partial charge >= 0.3 is 0 Å². The van der Waals surface area contributed by atoms with Gasteiger partial charge in [0.15, 0.2) is 0 Å². The van der Waals surface area contributed by atoms with Crippen LogP contribution in [0.5, 0.6) is 0 Å². The van der Waals surface area contributed by atoms with Gasteiger partial charge in [0.05, 0.1) is 11.9 Å². The van der Waals surface area contributed by atoms with Gasteiger partial charge in [-0.2, -0.15) is 5.10 Å². The third-order valence-electron chi connectivity index (χ3n) is 3.46. The predicted octanol–water partition coefficient (Wildman–Crippen LogP) is 0.363. The van der Waals surface area contributed by atoms with E-state index in [4.69, 9.17) is 11.5 Å². The molecule has 1 aliphatic rings. The van der Waals surface area contributed by atoms with Gasteiger partial charge in [0.2, 0.25) is 5.91 Å². The maximum Gasteiger partial charge on any atom is 0.266 e. The SMILES string of the molecule is NC(=O)C1CCCN1C(=O)c1sc2nnccc2c1N. The van der Waals surface area contributed by atoms with Gasteiger partial charge in [-0.25, -0.2) is 0 Å². The van der Waals surface area contributed by atoms with E-state index in [0.717, 1.165) is 6.42 Å². The molecule has 1 fully saturated rings. The quantitative estimate of drug-likeness (QED) is 0.829. The number of thiophene rings is 1. The van der Waals surface area contributed by atoms with Crippen LogP contribution in [0.2, 0.25) is 0 Å². The number of aromatic nitrogens is 2. The summed E-state index contributed by atoms with van der Waals surface area (Å²) in [5, 5.41) is 8.44. The van der Waals surface area contributed by atoms with Gasteiger partial charge in [-0.1, -0.05) is 0 Å². The summed E-state index contributed by atoms with van der Waals surface area (Å²) in [6.45, 7) is 0.520. The molecule has 2 amide bonds. The van der Waals surface area contributed by atoms with Crippen LogP contribution in [0.15, 0.2) is 12.3 Å². The third kappa shape index (κ3) is 1.88. The molecule has 2 aromatic heterocycles. The van der Waals surface area contributed by atoms with E-state index in [1.807, 2.05) is 0 Å². The fourth-order valence-electron chi connectivity index (χ4n) is 2.47. The number of carbonyl (C=O) groups is 2. The van der Waals surface area contributed by atoms with E-state index in [-0.39, 0.29) is 5.91 Å². The van der Waals surface area contributed by atoms with Crippen molar-refractivity contribution >= 4 is 39.1 Å². The zero-order chi connectivity index (χ0) is 14.3. The minimum Gasteiger partial charge on any atom is -0.397 e. The van der Waals surface area contributed by atoms with Crippen LogP contribution in [0, 0.1) is 0 Å². The van der Waals surface area contributed by atoms with Crippen LogP contribution in [-0.4, -0.2) is 39.5 Å². The molecule has 0 aliphatic carbocycles. The van der Waals surface area contributed by atoms with Crippen LogP contribution in [0.3, 0.4) is 0 Å². The average molecular weight is 291 g/mol. The van der Waals surface area contributed by atoms with Crippen LogP contribution in [0.4, 0.5) is 5.69 Å². The molecule has 0 bridgehead atoms. The molecule has 0 radical (unpaired) electrons. The van der Waals surface area contributed by atoms with Crippen LogP contribution in [-0.2, 0) is 4.79 Å². The number of nitrogens with two attached hydrogens (primary N) is 2. The molecule has 7 nitrogen and oxygen atoms in total. The van der Waals surface area contributed by atoms with E-state index in [2.05, 4.69) is 10.2 Å². The van der Waals surface area contributed by atoms with E-state index < -0.39 is 11.9 Å². The molecule has 1 saturated heterocycles. The maximum atomic E-state index is 12.6. The molecular formula is C12H13N5O2S. The van der Waals surface area contributed by atoms with Crippen LogP contribution in [0.1, 0.15) is 22.5 Å². The Morgan fingerprint density at radius 3 is 2.95 bits per heavy atom. The first-order chi connectivity index (χ1) is 9.59. The standard InChI is InChI=1S/C12H13N5O2S/c13-8-6-3-4-15-16-11(6)20-9(8)12(19)17-5-1-2-7(17)10(14)18/h3-4,7H,1-2,5,13H2,(H2,14,18). The first-order valence-electron chi connectivity index (χ1n) is 6.19. The summed E-state index contributed by atoms with van der Waals surface area (Å²) in [6, 6.07) is 1.18. The van der Waals surface area contributed by atoms with Crippen molar-refractivity contribution in [1.82, 2.24) is 15.1 Å². The van der Waals surface area contributed by atoms with Gasteiger partial charge in [-0.05, 0) is 18.9 Å².